The van der Waals surface area contributed by atoms with Crippen LogP contribution in [0, 0.1) is 10.1 Å². The Morgan fingerprint density at radius 2 is 1.54 bits per heavy atom. The predicted molar refractivity (Wildman–Crippen MR) is 94.1 cm³/mol. The van der Waals surface area contributed by atoms with Crippen LogP contribution in [0.3, 0.4) is 0 Å². The molecule has 0 saturated heterocycles. The van der Waals surface area contributed by atoms with E-state index in [0.29, 0.717) is 5.75 Å². The van der Waals surface area contributed by atoms with Gasteiger partial charge in [-0.1, -0.05) is 24.3 Å². The summed E-state index contributed by atoms with van der Waals surface area (Å²) in [6.07, 6.45) is 0. The highest BCUT2D eigenvalue weighted by Gasteiger charge is 2.56. The average molecular weight is 395 g/mol. The van der Waals surface area contributed by atoms with Gasteiger partial charge < -0.3 is 4.74 Å². The predicted octanol–water partition coefficient (Wildman–Crippen LogP) is 3.44. The number of rotatable bonds is 5. The van der Waals surface area contributed by atoms with Crippen molar-refractivity contribution in [3.63, 3.8) is 0 Å². The minimum atomic E-state index is -2.64. The fourth-order valence-corrected chi connectivity index (χ4v) is 3.28. The van der Waals surface area contributed by atoms with Gasteiger partial charge in [0, 0.05) is 0 Å². The second kappa shape index (κ2) is 6.59. The van der Waals surface area contributed by atoms with Crippen LogP contribution in [0.15, 0.2) is 48.5 Å². The topological polar surface area (TPSA) is 89.8 Å². The minimum absolute atomic E-state index is 0.142. The van der Waals surface area contributed by atoms with Gasteiger partial charge in [-0.05, 0) is 53.0 Å². The number of ether oxygens (including phenoxy) is 1. The van der Waals surface area contributed by atoms with E-state index in [-0.39, 0.29) is 16.7 Å². The molecule has 0 aliphatic carbocycles. The number of halogens is 2. The Kier molecular flexibility index (Phi) is 4.60. The fourth-order valence-electron chi connectivity index (χ4n) is 2.83. The van der Waals surface area contributed by atoms with E-state index in [1.807, 2.05) is 0 Å². The molecular formula is C17H12Cl2N2O5. The molecule has 0 spiro atoms. The molecule has 134 valence electrons. The van der Waals surface area contributed by atoms with Crippen LogP contribution in [0.2, 0.25) is 0 Å². The molecule has 1 aliphatic heterocycles. The van der Waals surface area contributed by atoms with Gasteiger partial charge in [-0.3, -0.25) is 24.6 Å². The lowest BCUT2D eigenvalue weighted by atomic mass is 10.0. The number of methoxy groups -OCH3 is 1. The van der Waals surface area contributed by atoms with Crippen LogP contribution in [0.4, 0.5) is 0 Å². The van der Waals surface area contributed by atoms with Crippen molar-refractivity contribution in [1.29, 1.82) is 0 Å². The lowest BCUT2D eigenvalue weighted by molar-refractivity contribution is -0.523. The van der Waals surface area contributed by atoms with Crippen molar-refractivity contribution < 1.29 is 19.2 Å². The van der Waals surface area contributed by atoms with Crippen molar-refractivity contribution in [2.24, 2.45) is 0 Å². The van der Waals surface area contributed by atoms with E-state index in [4.69, 9.17) is 27.9 Å². The number of carbonyl (C=O) groups excluding carboxylic acids is 2. The zero-order valence-corrected chi connectivity index (χ0v) is 14.9. The maximum atomic E-state index is 12.8. The van der Waals surface area contributed by atoms with Gasteiger partial charge in [0.25, 0.3) is 11.8 Å². The van der Waals surface area contributed by atoms with Crippen LogP contribution in [-0.2, 0) is 0 Å². The van der Waals surface area contributed by atoms with Crippen LogP contribution in [0.1, 0.15) is 32.3 Å². The van der Waals surface area contributed by atoms with E-state index in [1.54, 1.807) is 12.1 Å². The van der Waals surface area contributed by atoms with Crippen molar-refractivity contribution in [3.05, 3.63) is 75.3 Å². The van der Waals surface area contributed by atoms with Crippen molar-refractivity contribution in [3.8, 4) is 5.75 Å². The van der Waals surface area contributed by atoms with E-state index < -0.39 is 27.2 Å². The van der Waals surface area contributed by atoms with Gasteiger partial charge in [-0.25, -0.2) is 0 Å². The number of carbonyl (C=O) groups is 2. The van der Waals surface area contributed by atoms with Gasteiger partial charge in [0.2, 0.25) is 0 Å². The molecule has 0 fully saturated rings. The first kappa shape index (κ1) is 18.2. The van der Waals surface area contributed by atoms with Gasteiger partial charge in [0.05, 0.1) is 23.2 Å². The molecule has 0 N–H and O–H groups in total. The maximum absolute atomic E-state index is 12.8. The Labute approximate surface area is 158 Å². The SMILES string of the molecule is COc1ccc(C(N2C(=O)c3ccccc3C2=O)C(Cl)(Cl)[N+](=O)[O-])cc1. The number of hydrogen-bond donors (Lipinski definition) is 0. The summed E-state index contributed by atoms with van der Waals surface area (Å²) < 4.78 is 2.42. The normalized spacial score (nSPS) is 15.0. The molecule has 1 aliphatic rings. The van der Waals surface area contributed by atoms with E-state index in [2.05, 4.69) is 0 Å². The average Bonchev–Trinajstić information content (AvgIpc) is 2.88. The maximum Gasteiger partial charge on any atom is 0.395 e. The number of imide groups is 1. The molecule has 2 aromatic rings. The zero-order valence-electron chi connectivity index (χ0n) is 13.4. The Balaban J connectivity index is 2.14. The van der Waals surface area contributed by atoms with Gasteiger partial charge in [0.15, 0.2) is 6.04 Å². The summed E-state index contributed by atoms with van der Waals surface area (Å²) in [6, 6.07) is 10.6. The number of alkyl halides is 2. The number of benzene rings is 2. The largest absolute Gasteiger partial charge is 0.497 e. The first-order valence-corrected chi connectivity index (χ1v) is 8.17. The molecule has 3 rings (SSSR count). The summed E-state index contributed by atoms with van der Waals surface area (Å²) in [7, 11) is 1.46. The first-order chi connectivity index (χ1) is 12.3. The van der Waals surface area contributed by atoms with Crippen LogP contribution in [0.5, 0.6) is 5.75 Å². The lowest BCUT2D eigenvalue weighted by Crippen LogP contribution is -2.46. The van der Waals surface area contributed by atoms with E-state index in [0.717, 1.165) is 4.90 Å². The molecule has 0 bridgehead atoms. The van der Waals surface area contributed by atoms with E-state index in [9.17, 15) is 19.7 Å². The molecule has 0 aromatic heterocycles. The molecule has 2 aromatic carbocycles. The van der Waals surface area contributed by atoms with Gasteiger partial charge in [-0.15, -0.1) is 0 Å². The molecule has 1 unspecified atom stereocenters. The number of hydrogen-bond acceptors (Lipinski definition) is 5. The highest BCUT2D eigenvalue weighted by atomic mass is 35.5. The first-order valence-electron chi connectivity index (χ1n) is 7.42. The molecule has 0 saturated carbocycles. The number of nitrogens with zero attached hydrogens (tertiary/aromatic N) is 2. The highest BCUT2D eigenvalue weighted by molar-refractivity contribution is 6.47. The molecule has 9 heteroatoms. The van der Waals surface area contributed by atoms with Gasteiger partial charge in [-0.2, -0.15) is 0 Å². The molecule has 2 amide bonds. The van der Waals surface area contributed by atoms with Crippen LogP contribution >= 0.6 is 23.2 Å². The quantitative estimate of drug-likeness (QED) is 0.254. The Hall–Kier alpha value is -2.64. The molecule has 7 nitrogen and oxygen atoms in total. The van der Waals surface area contributed by atoms with Crippen molar-refractivity contribution in [2.75, 3.05) is 7.11 Å². The summed E-state index contributed by atoms with van der Waals surface area (Å²) in [4.78, 5) is 36.8. The molecule has 1 atom stereocenters. The third-order valence-corrected chi connectivity index (χ3v) is 4.78. The number of fused-ring (bicyclic) bond motifs is 1. The summed E-state index contributed by atoms with van der Waals surface area (Å²) >= 11 is 12.0. The summed E-state index contributed by atoms with van der Waals surface area (Å²) in [6.45, 7) is 0. The molecular weight excluding hydrogens is 383 g/mol. The third-order valence-electron chi connectivity index (χ3n) is 4.09. The highest BCUT2D eigenvalue weighted by Crippen LogP contribution is 2.44. The van der Waals surface area contributed by atoms with Gasteiger partial charge in [0.1, 0.15) is 5.75 Å². The Bertz CT molecular complexity index is 863. The fraction of sp³-hybridized carbons (Fsp3) is 0.176. The lowest BCUT2D eigenvalue weighted by Gasteiger charge is -2.30. The molecule has 26 heavy (non-hydrogen) atoms. The van der Waals surface area contributed by atoms with Crippen molar-refractivity contribution in [1.82, 2.24) is 4.90 Å². The van der Waals surface area contributed by atoms with Crippen molar-refractivity contribution >= 4 is 35.0 Å². The van der Waals surface area contributed by atoms with E-state index in [1.165, 1.54) is 43.5 Å². The number of nitro groups is 1. The van der Waals surface area contributed by atoms with Crippen LogP contribution in [-0.4, -0.2) is 33.2 Å². The van der Waals surface area contributed by atoms with Crippen LogP contribution in [0.25, 0.3) is 0 Å². The minimum Gasteiger partial charge on any atom is -0.497 e. The van der Waals surface area contributed by atoms with E-state index >= 15 is 0 Å². The Morgan fingerprint density at radius 1 is 1.04 bits per heavy atom. The standard InChI is InChI=1S/C17H12Cl2N2O5/c1-26-11-8-6-10(7-9-11)14(17(18,19)21(24)25)20-15(22)12-4-2-3-5-13(12)16(20)23/h2-9,14H,1H3. The smallest absolute Gasteiger partial charge is 0.395 e. The van der Waals surface area contributed by atoms with Crippen LogP contribution < -0.4 is 4.74 Å². The summed E-state index contributed by atoms with van der Waals surface area (Å²) in [5, 5.41) is 11.5. The van der Waals surface area contributed by atoms with Crippen molar-refractivity contribution in [2.45, 2.75) is 10.5 Å². The monoisotopic (exact) mass is 394 g/mol. The zero-order chi connectivity index (χ0) is 19.1. The second-order valence-corrected chi connectivity index (χ2v) is 6.89. The molecule has 1 heterocycles. The molecule has 0 radical (unpaired) electrons. The summed E-state index contributed by atoms with van der Waals surface area (Å²) in [5.74, 6) is -0.899. The Morgan fingerprint density at radius 3 is 1.96 bits per heavy atom. The summed E-state index contributed by atoms with van der Waals surface area (Å²) in [5.41, 5.74) is 0.508. The second-order valence-electron chi connectivity index (χ2n) is 5.55. The number of amides is 2. The third kappa shape index (κ3) is 2.79. The van der Waals surface area contributed by atoms with Gasteiger partial charge >= 0.3 is 4.46 Å².